The van der Waals surface area contributed by atoms with Crippen molar-refractivity contribution < 1.29 is 14.8 Å². The minimum absolute atomic E-state index is 0. The smallest absolute Gasteiger partial charge is 0.269 e. The molecule has 0 spiro atoms. The SMILES string of the molecule is CCNC(=NCC1(c2ccccc2)CC1)NCC(O)COc1ccc([N+](=O)[O-])cc1.I. The van der Waals surface area contributed by atoms with Crippen molar-refractivity contribution in [2.45, 2.75) is 31.3 Å². The number of aliphatic hydroxyl groups is 1. The van der Waals surface area contributed by atoms with Gasteiger partial charge in [0.1, 0.15) is 18.5 Å². The van der Waals surface area contributed by atoms with Crippen molar-refractivity contribution >= 4 is 35.6 Å². The molecule has 3 N–H and O–H groups in total. The molecule has 0 amide bonds. The maximum Gasteiger partial charge on any atom is 0.269 e. The Morgan fingerprint density at radius 3 is 2.45 bits per heavy atom. The summed E-state index contributed by atoms with van der Waals surface area (Å²) in [7, 11) is 0. The first-order valence-electron chi connectivity index (χ1n) is 10.2. The lowest BCUT2D eigenvalue weighted by Gasteiger charge is -2.18. The molecule has 0 radical (unpaired) electrons. The molecular formula is C22H29IN4O4. The van der Waals surface area contributed by atoms with Crippen molar-refractivity contribution in [2.75, 3.05) is 26.2 Å². The number of nitro benzene ring substituents is 1. The van der Waals surface area contributed by atoms with E-state index >= 15 is 0 Å². The van der Waals surface area contributed by atoms with Gasteiger partial charge in [0.25, 0.3) is 5.69 Å². The van der Waals surface area contributed by atoms with Crippen LogP contribution in [-0.4, -0.2) is 48.3 Å². The highest BCUT2D eigenvalue weighted by atomic mass is 127. The molecule has 168 valence electrons. The summed E-state index contributed by atoms with van der Waals surface area (Å²) in [5.41, 5.74) is 1.45. The van der Waals surface area contributed by atoms with Crippen molar-refractivity contribution in [3.63, 3.8) is 0 Å². The summed E-state index contributed by atoms with van der Waals surface area (Å²) in [5.74, 6) is 1.13. The fraction of sp³-hybridized carbons (Fsp3) is 0.409. The molecule has 1 aliphatic carbocycles. The largest absolute Gasteiger partial charge is 0.491 e. The number of aliphatic imine (C=N–C) groups is 1. The lowest BCUT2D eigenvalue weighted by atomic mass is 9.96. The highest BCUT2D eigenvalue weighted by Gasteiger charge is 2.43. The number of ether oxygens (including phenoxy) is 1. The zero-order valence-electron chi connectivity index (χ0n) is 17.5. The van der Waals surface area contributed by atoms with Crippen LogP contribution in [0.5, 0.6) is 5.75 Å². The van der Waals surface area contributed by atoms with Crippen molar-refractivity contribution in [1.29, 1.82) is 0 Å². The van der Waals surface area contributed by atoms with E-state index in [2.05, 4.69) is 34.9 Å². The third kappa shape index (κ3) is 7.35. The maximum atomic E-state index is 10.7. The fourth-order valence-corrected chi connectivity index (χ4v) is 3.18. The average Bonchev–Trinajstić information content (AvgIpc) is 3.56. The third-order valence-corrected chi connectivity index (χ3v) is 5.12. The second-order valence-electron chi connectivity index (χ2n) is 7.44. The molecule has 1 aliphatic rings. The van der Waals surface area contributed by atoms with E-state index in [9.17, 15) is 15.2 Å². The normalized spacial score (nSPS) is 15.4. The molecule has 0 aliphatic heterocycles. The number of nitrogens with one attached hydrogen (secondary N) is 2. The first-order chi connectivity index (χ1) is 14.5. The van der Waals surface area contributed by atoms with Gasteiger partial charge in [-0.3, -0.25) is 15.1 Å². The first-order valence-corrected chi connectivity index (χ1v) is 10.2. The van der Waals surface area contributed by atoms with Crippen LogP contribution in [0.4, 0.5) is 5.69 Å². The van der Waals surface area contributed by atoms with E-state index in [-0.39, 0.29) is 48.2 Å². The summed E-state index contributed by atoms with van der Waals surface area (Å²) in [6.45, 7) is 3.76. The van der Waals surface area contributed by atoms with E-state index in [1.54, 1.807) is 0 Å². The molecule has 9 heteroatoms. The van der Waals surface area contributed by atoms with Crippen LogP contribution in [0, 0.1) is 10.1 Å². The van der Waals surface area contributed by atoms with Gasteiger partial charge in [-0.15, -0.1) is 24.0 Å². The Bertz CT molecular complexity index is 858. The van der Waals surface area contributed by atoms with Gasteiger partial charge in [0.15, 0.2) is 5.96 Å². The molecule has 3 rings (SSSR count). The van der Waals surface area contributed by atoms with E-state index in [0.717, 1.165) is 19.4 Å². The van der Waals surface area contributed by atoms with Crippen LogP contribution in [0.3, 0.4) is 0 Å². The number of rotatable bonds is 10. The zero-order chi connectivity index (χ0) is 21.4. The number of non-ortho nitro benzene ring substituents is 1. The second kappa shape index (κ2) is 11.8. The summed E-state index contributed by atoms with van der Waals surface area (Å²) in [5, 5.41) is 27.2. The molecule has 8 nitrogen and oxygen atoms in total. The Morgan fingerprint density at radius 1 is 1.19 bits per heavy atom. The van der Waals surface area contributed by atoms with Gasteiger partial charge in [0, 0.05) is 30.6 Å². The maximum absolute atomic E-state index is 10.7. The Labute approximate surface area is 199 Å². The van der Waals surface area contributed by atoms with Gasteiger partial charge in [0.2, 0.25) is 0 Å². The van der Waals surface area contributed by atoms with Crippen LogP contribution in [0.25, 0.3) is 0 Å². The number of hydrogen-bond donors (Lipinski definition) is 3. The lowest BCUT2D eigenvalue weighted by Crippen LogP contribution is -2.43. The fourth-order valence-electron chi connectivity index (χ4n) is 3.18. The Kier molecular flexibility index (Phi) is 9.50. The van der Waals surface area contributed by atoms with Crippen molar-refractivity contribution in [3.05, 3.63) is 70.3 Å². The van der Waals surface area contributed by atoms with Gasteiger partial charge < -0.3 is 20.5 Å². The molecule has 0 bridgehead atoms. The van der Waals surface area contributed by atoms with Crippen LogP contribution in [0.15, 0.2) is 59.6 Å². The van der Waals surface area contributed by atoms with E-state index < -0.39 is 11.0 Å². The van der Waals surface area contributed by atoms with Crippen molar-refractivity contribution in [2.24, 2.45) is 4.99 Å². The second-order valence-corrected chi connectivity index (χ2v) is 7.44. The molecule has 2 aromatic carbocycles. The first kappa shape index (κ1) is 24.9. The summed E-state index contributed by atoms with van der Waals surface area (Å²) in [6, 6.07) is 16.2. The lowest BCUT2D eigenvalue weighted by molar-refractivity contribution is -0.384. The van der Waals surface area contributed by atoms with Gasteiger partial charge in [-0.1, -0.05) is 30.3 Å². The summed E-state index contributed by atoms with van der Waals surface area (Å²) >= 11 is 0. The highest BCUT2D eigenvalue weighted by molar-refractivity contribution is 14.0. The molecule has 31 heavy (non-hydrogen) atoms. The van der Waals surface area contributed by atoms with Crippen LogP contribution < -0.4 is 15.4 Å². The third-order valence-electron chi connectivity index (χ3n) is 5.12. The number of aliphatic hydroxyl groups excluding tert-OH is 1. The van der Waals surface area contributed by atoms with Gasteiger partial charge in [-0.2, -0.15) is 0 Å². The zero-order valence-corrected chi connectivity index (χ0v) is 19.8. The molecule has 0 saturated heterocycles. The van der Waals surface area contributed by atoms with Gasteiger partial charge in [-0.25, -0.2) is 0 Å². The quantitative estimate of drug-likeness (QED) is 0.140. The minimum Gasteiger partial charge on any atom is -0.491 e. The predicted octanol–water partition coefficient (Wildman–Crippen LogP) is 3.24. The molecule has 1 unspecified atom stereocenters. The topological polar surface area (TPSA) is 109 Å². The molecule has 0 heterocycles. The van der Waals surface area contributed by atoms with Crippen LogP contribution in [0.2, 0.25) is 0 Å². The van der Waals surface area contributed by atoms with E-state index in [1.807, 2.05) is 13.0 Å². The summed E-state index contributed by atoms with van der Waals surface area (Å²) in [4.78, 5) is 14.9. The number of nitrogens with zero attached hydrogens (tertiary/aromatic N) is 2. The highest BCUT2D eigenvalue weighted by Crippen LogP contribution is 2.48. The number of halogens is 1. The van der Waals surface area contributed by atoms with Crippen LogP contribution in [0.1, 0.15) is 25.3 Å². The van der Waals surface area contributed by atoms with Crippen LogP contribution >= 0.6 is 24.0 Å². The average molecular weight is 540 g/mol. The molecule has 1 atom stereocenters. The summed E-state index contributed by atoms with van der Waals surface area (Å²) in [6.07, 6.45) is 1.50. The van der Waals surface area contributed by atoms with Gasteiger partial charge in [-0.05, 0) is 37.5 Å². The van der Waals surface area contributed by atoms with Crippen LogP contribution in [-0.2, 0) is 5.41 Å². The van der Waals surface area contributed by atoms with Crippen molar-refractivity contribution in [1.82, 2.24) is 10.6 Å². The van der Waals surface area contributed by atoms with Gasteiger partial charge >= 0.3 is 0 Å². The van der Waals surface area contributed by atoms with E-state index in [1.165, 1.54) is 29.8 Å². The molecule has 0 aromatic heterocycles. The minimum atomic E-state index is -0.756. The Balaban J connectivity index is 0.00000341. The Hall–Kier alpha value is -2.40. The standard InChI is InChI=1S/C22H28N4O4.HI/c1-2-23-21(25-16-22(12-13-22)17-6-4-3-5-7-17)24-14-19(27)15-30-20-10-8-18(9-11-20)26(28)29;/h3-11,19,27H,2,12-16H2,1H3,(H2,23,24,25);1H. The molecule has 1 fully saturated rings. The number of benzene rings is 2. The molecular weight excluding hydrogens is 511 g/mol. The van der Waals surface area contributed by atoms with E-state index in [4.69, 9.17) is 9.73 Å². The van der Waals surface area contributed by atoms with Gasteiger partial charge in [0.05, 0.1) is 11.5 Å². The van der Waals surface area contributed by atoms with E-state index in [0.29, 0.717) is 18.3 Å². The van der Waals surface area contributed by atoms with Crippen molar-refractivity contribution in [3.8, 4) is 5.75 Å². The Morgan fingerprint density at radius 2 is 1.87 bits per heavy atom. The number of guanidine groups is 1. The predicted molar refractivity (Wildman–Crippen MR) is 131 cm³/mol. The molecule has 2 aromatic rings. The summed E-state index contributed by atoms with van der Waals surface area (Å²) < 4.78 is 5.50. The number of hydrogen-bond acceptors (Lipinski definition) is 5. The molecule has 1 saturated carbocycles. The monoisotopic (exact) mass is 540 g/mol. The number of nitro groups is 1.